The van der Waals surface area contributed by atoms with Crippen molar-refractivity contribution in [1.29, 1.82) is 0 Å². The maximum absolute atomic E-state index is 13.8. The number of hydrogen-bond acceptors (Lipinski definition) is 4. The van der Waals surface area contributed by atoms with E-state index in [4.69, 9.17) is 15.2 Å². The predicted molar refractivity (Wildman–Crippen MR) is 110 cm³/mol. The first kappa shape index (κ1) is 21.1. The van der Waals surface area contributed by atoms with Crippen LogP contribution >= 0.6 is 0 Å². The van der Waals surface area contributed by atoms with Crippen LogP contribution < -0.4 is 15.2 Å². The summed E-state index contributed by atoms with van der Waals surface area (Å²) in [5.41, 5.74) is 7.29. The topological polar surface area (TPSA) is 64.8 Å². The number of primary amides is 1. The molecular weight excluding hydrogens is 371 g/mol. The van der Waals surface area contributed by atoms with Gasteiger partial charge in [0.2, 0.25) is 0 Å². The molecule has 156 valence electrons. The minimum absolute atomic E-state index is 0.187. The minimum Gasteiger partial charge on any atom is -0.490 e. The molecule has 0 bridgehead atoms. The van der Waals surface area contributed by atoms with E-state index in [0.717, 1.165) is 43.5 Å². The highest BCUT2D eigenvalue weighted by atomic mass is 19.1. The van der Waals surface area contributed by atoms with E-state index < -0.39 is 5.91 Å². The molecule has 3 rings (SSSR count). The highest BCUT2D eigenvalue weighted by Crippen LogP contribution is 2.34. The van der Waals surface area contributed by atoms with Crippen LogP contribution in [0.4, 0.5) is 4.39 Å². The molecule has 1 amide bonds. The number of hydrogen-bond donors (Lipinski definition) is 1. The van der Waals surface area contributed by atoms with Crippen LogP contribution in [0.5, 0.6) is 11.5 Å². The van der Waals surface area contributed by atoms with E-state index in [0.29, 0.717) is 18.1 Å². The van der Waals surface area contributed by atoms with Gasteiger partial charge in [-0.2, -0.15) is 0 Å². The predicted octanol–water partition coefficient (Wildman–Crippen LogP) is 4.21. The molecule has 2 aromatic rings. The van der Waals surface area contributed by atoms with Crippen LogP contribution in [0, 0.1) is 5.82 Å². The van der Waals surface area contributed by atoms with Gasteiger partial charge in [0.05, 0.1) is 6.61 Å². The fraction of sp³-hybridized carbons (Fsp3) is 0.435. The number of benzene rings is 2. The fourth-order valence-corrected chi connectivity index (χ4v) is 3.87. The normalized spacial score (nSPS) is 17.5. The third-order valence-electron chi connectivity index (χ3n) is 5.16. The van der Waals surface area contributed by atoms with E-state index in [-0.39, 0.29) is 18.5 Å². The van der Waals surface area contributed by atoms with Crippen molar-refractivity contribution in [2.75, 3.05) is 19.8 Å². The Morgan fingerprint density at radius 3 is 2.76 bits per heavy atom. The lowest BCUT2D eigenvalue weighted by Crippen LogP contribution is -2.28. The van der Waals surface area contributed by atoms with Crippen molar-refractivity contribution in [2.24, 2.45) is 5.73 Å². The molecule has 0 spiro atoms. The number of ether oxygens (including phenoxy) is 2. The standard InChI is InChI=1S/C23H29FN2O3/c1-2-28-22-13-17(10-11-21(22)29-16-23(25)27)15-26-12-5-3-4-9-20(26)18-7-6-8-19(24)14-18/h6-8,10-11,13-14,20H,2-5,9,12,15-16H2,1H3,(H2,25,27)/t20-/m0/s1. The highest BCUT2D eigenvalue weighted by molar-refractivity contribution is 5.75. The first-order valence-corrected chi connectivity index (χ1v) is 10.2. The van der Waals surface area contributed by atoms with Crippen molar-refractivity contribution in [3.63, 3.8) is 0 Å². The van der Waals surface area contributed by atoms with E-state index in [9.17, 15) is 9.18 Å². The fourth-order valence-electron chi connectivity index (χ4n) is 3.87. The van der Waals surface area contributed by atoms with Crippen molar-refractivity contribution in [3.8, 4) is 11.5 Å². The smallest absolute Gasteiger partial charge is 0.255 e. The molecule has 1 atom stereocenters. The minimum atomic E-state index is -0.529. The molecule has 1 heterocycles. The molecule has 0 saturated carbocycles. The Hall–Kier alpha value is -2.60. The summed E-state index contributed by atoms with van der Waals surface area (Å²) in [5.74, 6) is 0.385. The average Bonchev–Trinajstić information content (AvgIpc) is 2.93. The molecule has 5 nitrogen and oxygen atoms in total. The summed E-state index contributed by atoms with van der Waals surface area (Å²) in [6.45, 7) is 3.90. The first-order chi connectivity index (χ1) is 14.1. The molecule has 0 radical (unpaired) electrons. The van der Waals surface area contributed by atoms with Crippen molar-refractivity contribution in [1.82, 2.24) is 4.90 Å². The second-order valence-electron chi connectivity index (χ2n) is 7.36. The molecular formula is C23H29FN2O3. The van der Waals surface area contributed by atoms with Crippen LogP contribution in [-0.2, 0) is 11.3 Å². The molecule has 2 N–H and O–H groups in total. The number of rotatable bonds is 8. The summed E-state index contributed by atoms with van der Waals surface area (Å²) in [4.78, 5) is 13.4. The monoisotopic (exact) mass is 400 g/mol. The Bertz CT molecular complexity index is 828. The number of likely N-dealkylation sites (tertiary alicyclic amines) is 1. The second kappa shape index (κ2) is 10.3. The Morgan fingerprint density at radius 1 is 1.14 bits per heavy atom. The zero-order chi connectivity index (χ0) is 20.6. The second-order valence-corrected chi connectivity index (χ2v) is 7.36. The molecule has 1 fully saturated rings. The van der Waals surface area contributed by atoms with Crippen molar-refractivity contribution in [2.45, 2.75) is 45.2 Å². The van der Waals surface area contributed by atoms with E-state index in [1.807, 2.05) is 31.2 Å². The van der Waals surface area contributed by atoms with Gasteiger partial charge in [0.1, 0.15) is 5.82 Å². The van der Waals surface area contributed by atoms with Gasteiger partial charge < -0.3 is 15.2 Å². The summed E-state index contributed by atoms with van der Waals surface area (Å²) >= 11 is 0. The summed E-state index contributed by atoms with van der Waals surface area (Å²) in [7, 11) is 0. The third-order valence-corrected chi connectivity index (χ3v) is 5.16. The first-order valence-electron chi connectivity index (χ1n) is 10.2. The molecule has 0 unspecified atom stereocenters. The SMILES string of the molecule is CCOc1cc(CN2CCCCC[C@H]2c2cccc(F)c2)ccc1OCC(N)=O. The Morgan fingerprint density at radius 2 is 2.00 bits per heavy atom. The maximum Gasteiger partial charge on any atom is 0.255 e. The molecule has 1 aliphatic heterocycles. The van der Waals surface area contributed by atoms with Crippen LogP contribution in [0.15, 0.2) is 42.5 Å². The summed E-state index contributed by atoms with van der Waals surface area (Å²) in [5, 5.41) is 0. The van der Waals surface area contributed by atoms with Gasteiger partial charge in [-0.25, -0.2) is 4.39 Å². The Balaban J connectivity index is 1.81. The maximum atomic E-state index is 13.8. The third kappa shape index (κ3) is 5.94. The van der Waals surface area contributed by atoms with Gasteiger partial charge >= 0.3 is 0 Å². The van der Waals surface area contributed by atoms with E-state index in [2.05, 4.69) is 4.90 Å². The quantitative estimate of drug-likeness (QED) is 0.721. The molecule has 1 saturated heterocycles. The molecule has 29 heavy (non-hydrogen) atoms. The number of amides is 1. The summed E-state index contributed by atoms with van der Waals surface area (Å²) < 4.78 is 25.0. The van der Waals surface area contributed by atoms with Gasteiger partial charge in [0, 0.05) is 12.6 Å². The lowest BCUT2D eigenvalue weighted by molar-refractivity contribution is -0.119. The van der Waals surface area contributed by atoms with Gasteiger partial charge in [0.25, 0.3) is 5.91 Å². The Kier molecular flexibility index (Phi) is 7.47. The Labute approximate surface area is 171 Å². The van der Waals surface area contributed by atoms with Crippen molar-refractivity contribution >= 4 is 5.91 Å². The molecule has 6 heteroatoms. The van der Waals surface area contributed by atoms with E-state index >= 15 is 0 Å². The highest BCUT2D eigenvalue weighted by Gasteiger charge is 2.23. The van der Waals surface area contributed by atoms with Crippen LogP contribution in [0.2, 0.25) is 0 Å². The number of nitrogens with zero attached hydrogens (tertiary/aromatic N) is 1. The average molecular weight is 400 g/mol. The van der Waals surface area contributed by atoms with Crippen LogP contribution in [-0.4, -0.2) is 30.6 Å². The van der Waals surface area contributed by atoms with E-state index in [1.165, 1.54) is 12.5 Å². The van der Waals surface area contributed by atoms with Gasteiger partial charge in [-0.1, -0.05) is 31.0 Å². The largest absolute Gasteiger partial charge is 0.490 e. The zero-order valence-corrected chi connectivity index (χ0v) is 16.9. The molecule has 0 aromatic heterocycles. The van der Waals surface area contributed by atoms with Crippen molar-refractivity contribution in [3.05, 3.63) is 59.4 Å². The van der Waals surface area contributed by atoms with E-state index in [1.54, 1.807) is 12.1 Å². The van der Waals surface area contributed by atoms with Crippen LogP contribution in [0.3, 0.4) is 0 Å². The lowest BCUT2D eigenvalue weighted by atomic mass is 10.00. The summed E-state index contributed by atoms with van der Waals surface area (Å²) in [6, 6.07) is 12.9. The molecule has 2 aromatic carbocycles. The zero-order valence-electron chi connectivity index (χ0n) is 16.9. The van der Waals surface area contributed by atoms with Gasteiger partial charge in [-0.15, -0.1) is 0 Å². The number of carbonyl (C=O) groups excluding carboxylic acids is 1. The van der Waals surface area contributed by atoms with Gasteiger partial charge in [0.15, 0.2) is 18.1 Å². The molecule has 0 aliphatic carbocycles. The molecule has 1 aliphatic rings. The van der Waals surface area contributed by atoms with Crippen molar-refractivity contribution < 1.29 is 18.7 Å². The van der Waals surface area contributed by atoms with Gasteiger partial charge in [-0.05, 0) is 61.7 Å². The lowest BCUT2D eigenvalue weighted by Gasteiger charge is -2.30. The van der Waals surface area contributed by atoms with Crippen LogP contribution in [0.1, 0.15) is 49.8 Å². The number of nitrogens with two attached hydrogens (primary N) is 1. The van der Waals surface area contributed by atoms with Gasteiger partial charge in [-0.3, -0.25) is 9.69 Å². The number of carbonyl (C=O) groups is 1. The number of halogens is 1. The van der Waals surface area contributed by atoms with Crippen LogP contribution in [0.25, 0.3) is 0 Å². The summed E-state index contributed by atoms with van der Waals surface area (Å²) in [6.07, 6.45) is 4.47.